The molecule has 1 aliphatic carbocycles. The molecular formula is C13H19NO. The summed E-state index contributed by atoms with van der Waals surface area (Å²) in [7, 11) is 0. The van der Waals surface area contributed by atoms with Gasteiger partial charge in [-0.3, -0.25) is 0 Å². The van der Waals surface area contributed by atoms with Crippen LogP contribution in [0.1, 0.15) is 30.9 Å². The summed E-state index contributed by atoms with van der Waals surface area (Å²) in [5.74, 6) is 0.997. The van der Waals surface area contributed by atoms with E-state index in [9.17, 15) is 0 Å². The van der Waals surface area contributed by atoms with Gasteiger partial charge in [0.1, 0.15) is 5.75 Å². The van der Waals surface area contributed by atoms with E-state index >= 15 is 0 Å². The van der Waals surface area contributed by atoms with Crippen LogP contribution in [0, 0.1) is 0 Å². The maximum absolute atomic E-state index is 5.67. The first-order chi connectivity index (χ1) is 7.25. The first-order valence-electron chi connectivity index (χ1n) is 5.76. The fourth-order valence-corrected chi connectivity index (χ4v) is 2.00. The Hall–Kier alpha value is -1.02. The molecule has 0 saturated carbocycles. The third-order valence-corrected chi connectivity index (χ3v) is 2.91. The van der Waals surface area contributed by atoms with E-state index in [2.05, 4.69) is 18.2 Å². The standard InChI is InChI=1S/C13H19NO/c1-10(14)7-8-15-13-6-5-11-3-2-4-12(11)9-13/h5-6,9-10H,2-4,7-8,14H2,1H3. The fraction of sp³-hybridized carbons (Fsp3) is 0.538. The van der Waals surface area contributed by atoms with Crippen molar-refractivity contribution in [1.29, 1.82) is 0 Å². The van der Waals surface area contributed by atoms with Crippen molar-refractivity contribution >= 4 is 0 Å². The van der Waals surface area contributed by atoms with Gasteiger partial charge in [-0.1, -0.05) is 6.07 Å². The van der Waals surface area contributed by atoms with Crippen molar-refractivity contribution < 1.29 is 4.74 Å². The highest BCUT2D eigenvalue weighted by atomic mass is 16.5. The molecule has 2 nitrogen and oxygen atoms in total. The van der Waals surface area contributed by atoms with Crippen LogP contribution < -0.4 is 10.5 Å². The second-order valence-electron chi connectivity index (χ2n) is 4.40. The van der Waals surface area contributed by atoms with E-state index in [1.807, 2.05) is 6.92 Å². The van der Waals surface area contributed by atoms with Crippen LogP contribution in [0.4, 0.5) is 0 Å². The van der Waals surface area contributed by atoms with Crippen LogP contribution in [0.15, 0.2) is 18.2 Å². The van der Waals surface area contributed by atoms with Gasteiger partial charge < -0.3 is 10.5 Å². The van der Waals surface area contributed by atoms with E-state index in [0.717, 1.165) is 18.8 Å². The first kappa shape index (κ1) is 10.5. The summed E-state index contributed by atoms with van der Waals surface area (Å²) in [5, 5.41) is 0. The van der Waals surface area contributed by atoms with Crippen molar-refractivity contribution in [3.8, 4) is 5.75 Å². The highest BCUT2D eigenvalue weighted by Gasteiger charge is 2.10. The minimum absolute atomic E-state index is 0.222. The predicted molar refractivity (Wildman–Crippen MR) is 62.2 cm³/mol. The minimum Gasteiger partial charge on any atom is -0.494 e. The van der Waals surface area contributed by atoms with E-state index in [1.54, 1.807) is 0 Å². The number of hydrogen-bond acceptors (Lipinski definition) is 2. The van der Waals surface area contributed by atoms with Gasteiger partial charge in [0.25, 0.3) is 0 Å². The largest absolute Gasteiger partial charge is 0.494 e. The maximum atomic E-state index is 5.67. The summed E-state index contributed by atoms with van der Waals surface area (Å²) >= 11 is 0. The average Bonchev–Trinajstić information content (AvgIpc) is 2.64. The average molecular weight is 205 g/mol. The fourth-order valence-electron chi connectivity index (χ4n) is 2.00. The molecule has 2 rings (SSSR count). The van der Waals surface area contributed by atoms with Crippen LogP contribution in [0.3, 0.4) is 0 Å². The Morgan fingerprint density at radius 1 is 1.33 bits per heavy atom. The summed E-state index contributed by atoms with van der Waals surface area (Å²) in [6.45, 7) is 2.72. The second-order valence-corrected chi connectivity index (χ2v) is 4.40. The van der Waals surface area contributed by atoms with Crippen molar-refractivity contribution in [1.82, 2.24) is 0 Å². The number of benzene rings is 1. The quantitative estimate of drug-likeness (QED) is 0.818. The molecule has 0 fully saturated rings. The van der Waals surface area contributed by atoms with Crippen LogP contribution in [-0.2, 0) is 12.8 Å². The van der Waals surface area contributed by atoms with Crippen molar-refractivity contribution in [2.75, 3.05) is 6.61 Å². The summed E-state index contributed by atoms with van der Waals surface area (Å²) in [4.78, 5) is 0. The molecule has 82 valence electrons. The third-order valence-electron chi connectivity index (χ3n) is 2.91. The monoisotopic (exact) mass is 205 g/mol. The van der Waals surface area contributed by atoms with Crippen LogP contribution in [0.25, 0.3) is 0 Å². The van der Waals surface area contributed by atoms with Gasteiger partial charge in [0, 0.05) is 6.04 Å². The lowest BCUT2D eigenvalue weighted by Gasteiger charge is -2.09. The van der Waals surface area contributed by atoms with Gasteiger partial charge in [-0.15, -0.1) is 0 Å². The SMILES string of the molecule is CC(N)CCOc1ccc2c(c1)CCC2. The Bertz CT molecular complexity index is 333. The lowest BCUT2D eigenvalue weighted by molar-refractivity contribution is 0.301. The molecule has 2 N–H and O–H groups in total. The van der Waals surface area contributed by atoms with Crippen molar-refractivity contribution in [2.45, 2.75) is 38.6 Å². The van der Waals surface area contributed by atoms with Gasteiger partial charge in [0.2, 0.25) is 0 Å². The summed E-state index contributed by atoms with van der Waals surface area (Å²) in [6.07, 6.45) is 4.64. The Kier molecular flexibility index (Phi) is 3.27. The highest BCUT2D eigenvalue weighted by molar-refractivity contribution is 5.38. The van der Waals surface area contributed by atoms with Crippen LogP contribution in [-0.4, -0.2) is 12.6 Å². The molecule has 0 amide bonds. The Balaban J connectivity index is 1.92. The van der Waals surface area contributed by atoms with Gasteiger partial charge >= 0.3 is 0 Å². The van der Waals surface area contributed by atoms with E-state index in [0.29, 0.717) is 0 Å². The van der Waals surface area contributed by atoms with Gasteiger partial charge in [-0.05, 0) is 55.9 Å². The number of aryl methyl sites for hydroxylation is 2. The zero-order valence-corrected chi connectivity index (χ0v) is 9.33. The van der Waals surface area contributed by atoms with E-state index in [-0.39, 0.29) is 6.04 Å². The molecular weight excluding hydrogens is 186 g/mol. The molecule has 1 aromatic rings. The Labute approximate surface area is 91.4 Å². The van der Waals surface area contributed by atoms with Gasteiger partial charge in [0.15, 0.2) is 0 Å². The number of hydrogen-bond donors (Lipinski definition) is 1. The molecule has 0 radical (unpaired) electrons. The topological polar surface area (TPSA) is 35.2 Å². The van der Waals surface area contributed by atoms with Gasteiger partial charge in [-0.25, -0.2) is 0 Å². The summed E-state index contributed by atoms with van der Waals surface area (Å²) < 4.78 is 5.66. The van der Waals surface area contributed by atoms with Crippen molar-refractivity contribution in [3.05, 3.63) is 29.3 Å². The lowest BCUT2D eigenvalue weighted by Crippen LogP contribution is -2.18. The molecule has 0 aromatic heterocycles. The molecule has 15 heavy (non-hydrogen) atoms. The molecule has 0 spiro atoms. The Morgan fingerprint density at radius 2 is 2.13 bits per heavy atom. The number of fused-ring (bicyclic) bond motifs is 1. The van der Waals surface area contributed by atoms with Crippen molar-refractivity contribution in [3.63, 3.8) is 0 Å². The van der Waals surface area contributed by atoms with Crippen molar-refractivity contribution in [2.24, 2.45) is 5.73 Å². The van der Waals surface area contributed by atoms with E-state index in [1.165, 1.54) is 30.4 Å². The summed E-state index contributed by atoms with van der Waals surface area (Å²) in [5.41, 5.74) is 8.63. The first-order valence-corrected chi connectivity index (χ1v) is 5.76. The zero-order chi connectivity index (χ0) is 10.7. The molecule has 0 saturated heterocycles. The van der Waals surface area contributed by atoms with E-state index < -0.39 is 0 Å². The van der Waals surface area contributed by atoms with Crippen LogP contribution in [0.2, 0.25) is 0 Å². The normalized spacial score (nSPS) is 16.1. The number of ether oxygens (including phenoxy) is 1. The lowest BCUT2D eigenvalue weighted by atomic mass is 10.1. The molecule has 1 atom stereocenters. The smallest absolute Gasteiger partial charge is 0.119 e. The van der Waals surface area contributed by atoms with Crippen LogP contribution >= 0.6 is 0 Å². The third kappa shape index (κ3) is 2.72. The predicted octanol–water partition coefficient (Wildman–Crippen LogP) is 2.29. The molecule has 1 unspecified atom stereocenters. The van der Waals surface area contributed by atoms with Gasteiger partial charge in [-0.2, -0.15) is 0 Å². The number of rotatable bonds is 4. The molecule has 0 bridgehead atoms. The second kappa shape index (κ2) is 4.67. The van der Waals surface area contributed by atoms with Crippen LogP contribution in [0.5, 0.6) is 5.75 Å². The summed E-state index contributed by atoms with van der Waals surface area (Å²) in [6, 6.07) is 6.68. The van der Waals surface area contributed by atoms with E-state index in [4.69, 9.17) is 10.5 Å². The molecule has 1 aliphatic rings. The molecule has 1 aromatic carbocycles. The van der Waals surface area contributed by atoms with Gasteiger partial charge in [0.05, 0.1) is 6.61 Å². The highest BCUT2D eigenvalue weighted by Crippen LogP contribution is 2.25. The minimum atomic E-state index is 0.222. The molecule has 0 aliphatic heterocycles. The maximum Gasteiger partial charge on any atom is 0.119 e. The molecule has 2 heteroatoms. The Morgan fingerprint density at radius 3 is 2.93 bits per heavy atom. The molecule has 0 heterocycles. The number of nitrogens with two attached hydrogens (primary N) is 1. The zero-order valence-electron chi connectivity index (χ0n) is 9.33.